The lowest BCUT2D eigenvalue weighted by molar-refractivity contribution is -0.132. The van der Waals surface area contributed by atoms with Gasteiger partial charge in [0.1, 0.15) is 0 Å². The predicted octanol–water partition coefficient (Wildman–Crippen LogP) is 1.07. The number of nitrogens with one attached hydrogen (secondary N) is 2. The summed E-state index contributed by atoms with van der Waals surface area (Å²) < 4.78 is 0. The molecule has 2 saturated heterocycles. The Morgan fingerprint density at radius 1 is 1.27 bits per heavy atom. The first kappa shape index (κ1) is 15.0. The summed E-state index contributed by atoms with van der Waals surface area (Å²) in [6.07, 6.45) is 0.799. The van der Waals surface area contributed by atoms with Crippen LogP contribution in [-0.4, -0.2) is 41.9 Å². The van der Waals surface area contributed by atoms with Crippen molar-refractivity contribution in [1.82, 2.24) is 15.5 Å². The van der Waals surface area contributed by atoms with E-state index in [4.69, 9.17) is 0 Å². The van der Waals surface area contributed by atoms with Crippen molar-refractivity contribution in [2.24, 2.45) is 5.92 Å². The molecule has 0 radical (unpaired) electrons. The summed E-state index contributed by atoms with van der Waals surface area (Å²) in [5, 5.41) is 6.74. The standard InChI is InChI=1S/C17H23N3O2/c1-12(21)19-17-8-9-20(13(2)22)10-15(17)16(18-11-17)14-6-4-3-5-7-14/h3-7,15-16,18H,8-11H2,1-2H3,(H,19,21)/t15?,16-,17-/m1/s1. The Labute approximate surface area is 131 Å². The van der Waals surface area contributed by atoms with Crippen LogP contribution in [0.5, 0.6) is 0 Å². The fourth-order valence-electron chi connectivity index (χ4n) is 3.95. The van der Waals surface area contributed by atoms with Gasteiger partial charge in [-0.25, -0.2) is 0 Å². The van der Waals surface area contributed by atoms with Crippen LogP contribution >= 0.6 is 0 Å². The SMILES string of the molecule is CC(=O)N[C@@]12CCN(C(C)=O)CC1[C@@H](c1ccccc1)NC2. The summed E-state index contributed by atoms with van der Waals surface area (Å²) in [4.78, 5) is 25.4. The Kier molecular flexibility index (Phi) is 3.91. The molecule has 2 aliphatic rings. The fraction of sp³-hybridized carbons (Fsp3) is 0.529. The Balaban J connectivity index is 1.91. The summed E-state index contributed by atoms with van der Waals surface area (Å²) in [5.41, 5.74) is 0.961. The molecule has 2 heterocycles. The second-order valence-electron chi connectivity index (χ2n) is 6.43. The van der Waals surface area contributed by atoms with E-state index in [1.54, 1.807) is 13.8 Å². The lowest BCUT2D eigenvalue weighted by Crippen LogP contribution is -2.61. The van der Waals surface area contributed by atoms with Crippen LogP contribution in [0, 0.1) is 5.92 Å². The van der Waals surface area contributed by atoms with Crippen LogP contribution in [0.3, 0.4) is 0 Å². The van der Waals surface area contributed by atoms with Gasteiger partial charge in [0.2, 0.25) is 11.8 Å². The maximum atomic E-state index is 11.8. The normalized spacial score (nSPS) is 30.7. The van der Waals surface area contributed by atoms with Crippen molar-refractivity contribution in [2.45, 2.75) is 31.8 Å². The van der Waals surface area contributed by atoms with Crippen molar-refractivity contribution >= 4 is 11.8 Å². The molecule has 22 heavy (non-hydrogen) atoms. The number of rotatable bonds is 2. The van der Waals surface area contributed by atoms with Gasteiger partial charge in [0.05, 0.1) is 5.54 Å². The Hall–Kier alpha value is -1.88. The van der Waals surface area contributed by atoms with Crippen LogP contribution in [-0.2, 0) is 9.59 Å². The molecule has 2 N–H and O–H groups in total. The predicted molar refractivity (Wildman–Crippen MR) is 84.1 cm³/mol. The number of fused-ring (bicyclic) bond motifs is 1. The van der Waals surface area contributed by atoms with Gasteiger partial charge in [-0.1, -0.05) is 30.3 Å². The number of nitrogens with zero attached hydrogens (tertiary/aromatic N) is 1. The fourth-order valence-corrected chi connectivity index (χ4v) is 3.95. The first-order valence-electron chi connectivity index (χ1n) is 7.84. The molecule has 0 bridgehead atoms. The lowest BCUT2D eigenvalue weighted by Gasteiger charge is -2.45. The highest BCUT2D eigenvalue weighted by Crippen LogP contribution is 2.41. The van der Waals surface area contributed by atoms with Gasteiger partial charge in [-0.2, -0.15) is 0 Å². The third-order valence-electron chi connectivity index (χ3n) is 5.02. The average Bonchev–Trinajstić information content (AvgIpc) is 2.85. The van der Waals surface area contributed by atoms with Crippen molar-refractivity contribution in [2.75, 3.05) is 19.6 Å². The molecule has 1 unspecified atom stereocenters. The zero-order valence-corrected chi connectivity index (χ0v) is 13.1. The Bertz CT molecular complexity index is 575. The molecule has 5 nitrogen and oxygen atoms in total. The van der Waals surface area contributed by atoms with E-state index in [0.717, 1.165) is 13.0 Å². The van der Waals surface area contributed by atoms with Gasteiger partial charge in [0, 0.05) is 45.4 Å². The number of benzene rings is 1. The van der Waals surface area contributed by atoms with Crippen molar-refractivity contribution in [3.8, 4) is 0 Å². The third kappa shape index (κ3) is 2.61. The lowest BCUT2D eigenvalue weighted by atomic mass is 9.75. The molecular formula is C17H23N3O2. The zero-order valence-electron chi connectivity index (χ0n) is 13.1. The van der Waals surface area contributed by atoms with Gasteiger partial charge in [-0.05, 0) is 12.0 Å². The van der Waals surface area contributed by atoms with E-state index in [1.165, 1.54) is 5.56 Å². The van der Waals surface area contributed by atoms with E-state index in [0.29, 0.717) is 13.1 Å². The molecule has 0 saturated carbocycles. The van der Waals surface area contributed by atoms with Crippen molar-refractivity contribution in [1.29, 1.82) is 0 Å². The molecule has 2 aliphatic heterocycles. The van der Waals surface area contributed by atoms with Gasteiger partial charge < -0.3 is 15.5 Å². The van der Waals surface area contributed by atoms with Gasteiger partial charge in [-0.15, -0.1) is 0 Å². The molecule has 118 valence electrons. The molecule has 0 aromatic heterocycles. The van der Waals surface area contributed by atoms with Crippen molar-refractivity contribution in [3.63, 3.8) is 0 Å². The number of likely N-dealkylation sites (tertiary alicyclic amines) is 1. The van der Waals surface area contributed by atoms with Crippen LogP contribution in [0.1, 0.15) is 31.9 Å². The van der Waals surface area contributed by atoms with Gasteiger partial charge in [0.15, 0.2) is 0 Å². The van der Waals surface area contributed by atoms with Crippen LogP contribution in [0.2, 0.25) is 0 Å². The maximum Gasteiger partial charge on any atom is 0.219 e. The second-order valence-corrected chi connectivity index (χ2v) is 6.43. The third-order valence-corrected chi connectivity index (χ3v) is 5.02. The minimum absolute atomic E-state index is 0.00298. The first-order chi connectivity index (χ1) is 10.5. The summed E-state index contributed by atoms with van der Waals surface area (Å²) in [6.45, 7) is 5.32. The number of piperidine rings is 1. The van der Waals surface area contributed by atoms with Crippen molar-refractivity contribution in [3.05, 3.63) is 35.9 Å². The van der Waals surface area contributed by atoms with Gasteiger partial charge in [0.25, 0.3) is 0 Å². The Morgan fingerprint density at radius 3 is 2.64 bits per heavy atom. The number of carbonyl (C=O) groups is 2. The Morgan fingerprint density at radius 2 is 2.00 bits per heavy atom. The van der Waals surface area contributed by atoms with Gasteiger partial charge >= 0.3 is 0 Å². The smallest absolute Gasteiger partial charge is 0.219 e. The van der Waals surface area contributed by atoms with E-state index in [1.807, 2.05) is 23.1 Å². The summed E-state index contributed by atoms with van der Waals surface area (Å²) in [6, 6.07) is 10.4. The second kappa shape index (κ2) is 5.72. The van der Waals surface area contributed by atoms with Crippen LogP contribution in [0.15, 0.2) is 30.3 Å². The molecule has 0 aliphatic carbocycles. The molecule has 5 heteroatoms. The molecule has 3 atom stereocenters. The van der Waals surface area contributed by atoms with Gasteiger partial charge in [-0.3, -0.25) is 9.59 Å². The van der Waals surface area contributed by atoms with E-state index < -0.39 is 0 Å². The van der Waals surface area contributed by atoms with Crippen molar-refractivity contribution < 1.29 is 9.59 Å². The zero-order chi connectivity index (χ0) is 15.7. The maximum absolute atomic E-state index is 11.8. The minimum atomic E-state index is -0.252. The number of carbonyl (C=O) groups excluding carboxylic acids is 2. The monoisotopic (exact) mass is 301 g/mol. The summed E-state index contributed by atoms with van der Waals surface area (Å²) >= 11 is 0. The van der Waals surface area contributed by atoms with Crippen LogP contribution < -0.4 is 10.6 Å². The molecule has 2 amide bonds. The molecule has 0 spiro atoms. The van der Waals surface area contributed by atoms with Crippen LogP contribution in [0.25, 0.3) is 0 Å². The topological polar surface area (TPSA) is 61.4 Å². The van der Waals surface area contributed by atoms with E-state index in [2.05, 4.69) is 22.8 Å². The average molecular weight is 301 g/mol. The van der Waals surface area contributed by atoms with Crippen LogP contribution in [0.4, 0.5) is 0 Å². The number of hydrogen-bond acceptors (Lipinski definition) is 3. The summed E-state index contributed by atoms with van der Waals surface area (Å²) in [7, 11) is 0. The van der Waals surface area contributed by atoms with E-state index in [9.17, 15) is 9.59 Å². The quantitative estimate of drug-likeness (QED) is 0.859. The minimum Gasteiger partial charge on any atom is -0.349 e. The highest BCUT2D eigenvalue weighted by Gasteiger charge is 2.52. The highest BCUT2D eigenvalue weighted by atomic mass is 16.2. The molecule has 3 rings (SSSR count). The first-order valence-corrected chi connectivity index (χ1v) is 7.84. The summed E-state index contributed by atoms with van der Waals surface area (Å²) in [5.74, 6) is 0.295. The van der Waals surface area contributed by atoms with E-state index >= 15 is 0 Å². The molecule has 2 fully saturated rings. The molecule has 1 aromatic carbocycles. The highest BCUT2D eigenvalue weighted by molar-refractivity contribution is 5.75. The largest absolute Gasteiger partial charge is 0.349 e. The molecule has 1 aromatic rings. The number of amides is 2. The number of hydrogen-bond donors (Lipinski definition) is 2. The molecular weight excluding hydrogens is 278 g/mol. The van der Waals surface area contributed by atoms with E-state index in [-0.39, 0.29) is 29.3 Å².